The summed E-state index contributed by atoms with van der Waals surface area (Å²) in [4.78, 5) is 23.6. The molecule has 0 heterocycles. The Kier molecular flexibility index (Phi) is 5.25. The predicted molar refractivity (Wildman–Crippen MR) is 86.7 cm³/mol. The summed E-state index contributed by atoms with van der Waals surface area (Å²) in [5.41, 5.74) is 0.861. The van der Waals surface area contributed by atoms with Gasteiger partial charge in [0.1, 0.15) is 5.75 Å². The lowest BCUT2D eigenvalue weighted by molar-refractivity contribution is -0.132. The third kappa shape index (κ3) is 4.13. The lowest BCUT2D eigenvalue weighted by atomic mass is 10.3. The Bertz CT molecular complexity index is 702. The average molecular weight is 339 g/mol. The van der Waals surface area contributed by atoms with Crippen LogP contribution in [0.3, 0.4) is 0 Å². The van der Waals surface area contributed by atoms with Crippen LogP contribution in [-0.2, 0) is 9.59 Å². The smallest absolute Gasteiger partial charge is 0.314 e. The van der Waals surface area contributed by atoms with E-state index in [4.69, 9.17) is 27.9 Å². The summed E-state index contributed by atoms with van der Waals surface area (Å²) in [5.74, 6) is -0.955. The van der Waals surface area contributed by atoms with Crippen molar-refractivity contribution in [1.82, 2.24) is 0 Å². The van der Waals surface area contributed by atoms with Crippen molar-refractivity contribution in [3.05, 3.63) is 52.5 Å². The Morgan fingerprint density at radius 3 is 1.95 bits per heavy atom. The van der Waals surface area contributed by atoms with Gasteiger partial charge >= 0.3 is 11.8 Å². The molecule has 0 saturated heterocycles. The summed E-state index contributed by atoms with van der Waals surface area (Å²) in [6, 6.07) is 11.1. The van der Waals surface area contributed by atoms with E-state index in [1.165, 1.54) is 19.2 Å². The molecule has 2 N–H and O–H groups in total. The van der Waals surface area contributed by atoms with Crippen molar-refractivity contribution in [3.8, 4) is 5.75 Å². The molecule has 0 atom stereocenters. The maximum absolute atomic E-state index is 11.8. The minimum absolute atomic E-state index is 0.287. The molecule has 2 aromatic carbocycles. The van der Waals surface area contributed by atoms with Crippen LogP contribution in [0.15, 0.2) is 42.5 Å². The first-order valence-corrected chi connectivity index (χ1v) is 6.96. The molecule has 114 valence electrons. The van der Waals surface area contributed by atoms with Gasteiger partial charge in [-0.2, -0.15) is 0 Å². The maximum Gasteiger partial charge on any atom is 0.314 e. The summed E-state index contributed by atoms with van der Waals surface area (Å²) in [6.07, 6.45) is 0. The monoisotopic (exact) mass is 338 g/mol. The first kappa shape index (κ1) is 16.1. The van der Waals surface area contributed by atoms with Crippen LogP contribution in [-0.4, -0.2) is 18.9 Å². The van der Waals surface area contributed by atoms with Crippen LogP contribution in [0.4, 0.5) is 11.4 Å². The van der Waals surface area contributed by atoms with Gasteiger partial charge in [-0.3, -0.25) is 9.59 Å². The van der Waals surface area contributed by atoms with Crippen LogP contribution in [0.25, 0.3) is 0 Å². The van der Waals surface area contributed by atoms with E-state index in [9.17, 15) is 9.59 Å². The number of halogens is 2. The molecule has 0 fully saturated rings. The van der Waals surface area contributed by atoms with Crippen LogP contribution in [0.5, 0.6) is 5.75 Å². The van der Waals surface area contributed by atoms with Gasteiger partial charge in [-0.15, -0.1) is 0 Å². The topological polar surface area (TPSA) is 67.4 Å². The molecular formula is C15H12Cl2N2O3. The zero-order valence-corrected chi connectivity index (χ0v) is 13.0. The number of benzene rings is 2. The quantitative estimate of drug-likeness (QED) is 0.840. The van der Waals surface area contributed by atoms with Gasteiger partial charge in [-0.25, -0.2) is 0 Å². The van der Waals surface area contributed by atoms with E-state index in [2.05, 4.69) is 10.6 Å². The molecule has 0 radical (unpaired) electrons. The minimum atomic E-state index is -0.811. The van der Waals surface area contributed by atoms with Gasteiger partial charge in [-0.1, -0.05) is 23.2 Å². The van der Waals surface area contributed by atoms with Gasteiger partial charge < -0.3 is 15.4 Å². The zero-order chi connectivity index (χ0) is 16.1. The molecular weight excluding hydrogens is 327 g/mol. The van der Waals surface area contributed by atoms with Crippen molar-refractivity contribution >= 4 is 46.4 Å². The van der Waals surface area contributed by atoms with Crippen LogP contribution in [0.1, 0.15) is 0 Å². The van der Waals surface area contributed by atoms with Crippen LogP contribution in [0.2, 0.25) is 10.0 Å². The fraction of sp³-hybridized carbons (Fsp3) is 0.0667. The highest BCUT2D eigenvalue weighted by Gasteiger charge is 2.14. The van der Waals surface area contributed by atoms with Crippen molar-refractivity contribution < 1.29 is 14.3 Å². The predicted octanol–water partition coefficient (Wildman–Crippen LogP) is 3.58. The van der Waals surface area contributed by atoms with E-state index in [0.717, 1.165) is 0 Å². The minimum Gasteiger partial charge on any atom is -0.497 e. The lowest BCUT2D eigenvalue weighted by Crippen LogP contribution is -2.29. The number of rotatable bonds is 3. The van der Waals surface area contributed by atoms with E-state index in [0.29, 0.717) is 22.1 Å². The number of ether oxygens (including phenoxy) is 1. The molecule has 0 bridgehead atoms. The van der Waals surface area contributed by atoms with Crippen LogP contribution in [0, 0.1) is 0 Å². The molecule has 0 aliphatic heterocycles. The number of hydrogen-bond acceptors (Lipinski definition) is 3. The molecule has 5 nitrogen and oxygen atoms in total. The Balaban J connectivity index is 1.99. The maximum atomic E-state index is 11.8. The molecule has 7 heteroatoms. The number of methoxy groups -OCH3 is 1. The van der Waals surface area contributed by atoms with Gasteiger partial charge in [-0.05, 0) is 42.5 Å². The highest BCUT2D eigenvalue weighted by Crippen LogP contribution is 2.25. The third-order valence-electron chi connectivity index (χ3n) is 2.73. The standard InChI is InChI=1S/C15H12Cl2N2O3/c1-22-11-5-2-9(3-6-11)18-14(20)15(21)19-10-4-7-12(16)13(17)8-10/h2-8H,1H3,(H,18,20)(H,19,21). The summed E-state index contributed by atoms with van der Waals surface area (Å²) in [7, 11) is 1.54. The number of hydrogen-bond donors (Lipinski definition) is 2. The summed E-state index contributed by atoms with van der Waals surface area (Å²) >= 11 is 11.6. The highest BCUT2D eigenvalue weighted by molar-refractivity contribution is 6.44. The molecule has 0 unspecified atom stereocenters. The second-order valence-corrected chi connectivity index (χ2v) is 5.08. The molecule has 2 aromatic rings. The van der Waals surface area contributed by atoms with Gasteiger partial charge in [0, 0.05) is 11.4 Å². The summed E-state index contributed by atoms with van der Waals surface area (Å²) < 4.78 is 5.01. The number of nitrogens with one attached hydrogen (secondary N) is 2. The van der Waals surface area contributed by atoms with Crippen LogP contribution >= 0.6 is 23.2 Å². The highest BCUT2D eigenvalue weighted by atomic mass is 35.5. The number of carbonyl (C=O) groups is 2. The Morgan fingerprint density at radius 1 is 0.864 bits per heavy atom. The average Bonchev–Trinajstić information content (AvgIpc) is 2.51. The van der Waals surface area contributed by atoms with E-state index in [1.807, 2.05) is 0 Å². The van der Waals surface area contributed by atoms with E-state index < -0.39 is 11.8 Å². The van der Waals surface area contributed by atoms with Gasteiger partial charge in [0.15, 0.2) is 0 Å². The molecule has 0 aliphatic rings. The van der Waals surface area contributed by atoms with Gasteiger partial charge in [0.2, 0.25) is 0 Å². The first-order valence-electron chi connectivity index (χ1n) is 6.21. The van der Waals surface area contributed by atoms with Crippen molar-refractivity contribution in [2.75, 3.05) is 17.7 Å². The SMILES string of the molecule is COc1ccc(NC(=O)C(=O)Nc2ccc(Cl)c(Cl)c2)cc1. The van der Waals surface area contributed by atoms with Crippen molar-refractivity contribution in [2.45, 2.75) is 0 Å². The first-order chi connectivity index (χ1) is 10.5. The van der Waals surface area contributed by atoms with E-state index in [1.54, 1.807) is 30.3 Å². The second kappa shape index (κ2) is 7.15. The Morgan fingerprint density at radius 2 is 1.41 bits per heavy atom. The molecule has 0 aliphatic carbocycles. The Hall–Kier alpha value is -2.24. The molecule has 22 heavy (non-hydrogen) atoms. The van der Waals surface area contributed by atoms with Crippen molar-refractivity contribution in [2.24, 2.45) is 0 Å². The zero-order valence-electron chi connectivity index (χ0n) is 11.5. The van der Waals surface area contributed by atoms with E-state index >= 15 is 0 Å². The number of carbonyl (C=O) groups excluding carboxylic acids is 2. The largest absolute Gasteiger partial charge is 0.497 e. The number of amides is 2. The van der Waals surface area contributed by atoms with Gasteiger partial charge in [0.05, 0.1) is 17.2 Å². The molecule has 0 aromatic heterocycles. The van der Waals surface area contributed by atoms with Gasteiger partial charge in [0.25, 0.3) is 0 Å². The fourth-order valence-corrected chi connectivity index (χ4v) is 1.92. The molecule has 2 rings (SSSR count). The van der Waals surface area contributed by atoms with Crippen molar-refractivity contribution in [1.29, 1.82) is 0 Å². The fourth-order valence-electron chi connectivity index (χ4n) is 1.62. The molecule has 0 spiro atoms. The molecule has 2 amide bonds. The third-order valence-corrected chi connectivity index (χ3v) is 3.47. The Labute approximate surface area is 137 Å². The summed E-state index contributed by atoms with van der Waals surface area (Å²) in [6.45, 7) is 0. The second-order valence-electron chi connectivity index (χ2n) is 4.27. The van der Waals surface area contributed by atoms with Crippen LogP contribution < -0.4 is 15.4 Å². The van der Waals surface area contributed by atoms with E-state index in [-0.39, 0.29) is 5.02 Å². The summed E-state index contributed by atoms with van der Waals surface area (Å²) in [5, 5.41) is 5.56. The normalized spacial score (nSPS) is 9.95. The number of anilines is 2. The molecule has 0 saturated carbocycles. The van der Waals surface area contributed by atoms with Crippen molar-refractivity contribution in [3.63, 3.8) is 0 Å². The lowest BCUT2D eigenvalue weighted by Gasteiger charge is -2.08.